The molecule has 2 aromatic heterocycles. The normalized spacial score (nSPS) is 29.8. The molecule has 1 aliphatic heterocycles. The van der Waals surface area contributed by atoms with Crippen LogP contribution in [-0.4, -0.2) is 49.8 Å². The number of rotatable bonds is 5. The molecule has 4 atom stereocenters. The number of methoxy groups -OCH3 is 1. The van der Waals surface area contributed by atoms with E-state index in [0.717, 1.165) is 0 Å². The molecule has 3 rings (SSSR count). The van der Waals surface area contributed by atoms with E-state index < -0.39 is 24.7 Å². The molecule has 0 bridgehead atoms. The Morgan fingerprint density at radius 3 is 3.00 bits per heavy atom. The highest BCUT2D eigenvalue weighted by Gasteiger charge is 2.47. The van der Waals surface area contributed by atoms with Crippen molar-refractivity contribution in [1.82, 2.24) is 19.5 Å². The number of imidazole rings is 1. The van der Waals surface area contributed by atoms with E-state index in [-0.39, 0.29) is 12.4 Å². The van der Waals surface area contributed by atoms with E-state index in [9.17, 15) is 4.57 Å². The Balaban J connectivity index is 1.90. The molecule has 0 amide bonds. The first-order valence-corrected chi connectivity index (χ1v) is 9.80. The molecular weight excluding hydrogens is 357 g/mol. The van der Waals surface area contributed by atoms with Crippen molar-refractivity contribution in [2.75, 3.05) is 19.5 Å². The highest BCUT2D eigenvalue weighted by Crippen LogP contribution is 2.48. The van der Waals surface area contributed by atoms with E-state index in [2.05, 4.69) is 27.2 Å². The van der Waals surface area contributed by atoms with E-state index in [1.165, 1.54) is 6.33 Å². The third-order valence-corrected chi connectivity index (χ3v) is 4.84. The monoisotopic (exact) mass is 375 g/mol. The van der Waals surface area contributed by atoms with Crippen molar-refractivity contribution in [2.45, 2.75) is 31.3 Å². The highest BCUT2D eigenvalue weighted by atomic mass is 32.7. The molecule has 1 fully saturated rings. The fourth-order valence-electron chi connectivity index (χ4n) is 2.79. The largest absolute Gasteiger partial charge is 0.383 e. The molecule has 132 valence electrons. The summed E-state index contributed by atoms with van der Waals surface area (Å²) in [6, 6.07) is 0. The third-order valence-electron chi connectivity index (χ3n) is 4.01. The van der Waals surface area contributed by atoms with Gasteiger partial charge in [-0.15, -0.1) is 0 Å². The van der Waals surface area contributed by atoms with Crippen molar-refractivity contribution in [3.05, 3.63) is 12.7 Å². The number of ether oxygens (including phenoxy) is 2. The third kappa shape index (κ3) is 3.28. The lowest BCUT2D eigenvalue weighted by Gasteiger charge is -2.29. The Kier molecular flexibility index (Phi) is 4.58. The maximum Gasteiger partial charge on any atom is 0.383 e. The number of nitrogens with zero attached hydrogens (tertiary/aromatic N) is 4. The van der Waals surface area contributed by atoms with E-state index in [1.807, 2.05) is 6.92 Å². The van der Waals surface area contributed by atoms with Crippen molar-refractivity contribution in [1.29, 1.82) is 0 Å². The van der Waals surface area contributed by atoms with Crippen molar-refractivity contribution < 1.29 is 23.5 Å². The SMILES string of the molecule is CO[C@]1(C)CC(COP(=O)(O)S)O[C@H]1n1cnc2c(N)ncnc21. The van der Waals surface area contributed by atoms with Gasteiger partial charge in [0.25, 0.3) is 0 Å². The second-order valence-electron chi connectivity index (χ2n) is 5.70. The van der Waals surface area contributed by atoms with Gasteiger partial charge < -0.3 is 20.1 Å². The smallest absolute Gasteiger partial charge is 0.382 e. The Labute approximate surface area is 143 Å². The lowest BCUT2D eigenvalue weighted by atomic mass is 10.00. The summed E-state index contributed by atoms with van der Waals surface area (Å²) in [4.78, 5) is 21.5. The van der Waals surface area contributed by atoms with Crippen LogP contribution in [0.2, 0.25) is 0 Å². The highest BCUT2D eigenvalue weighted by molar-refractivity contribution is 8.44. The number of anilines is 1. The minimum Gasteiger partial charge on any atom is -0.382 e. The summed E-state index contributed by atoms with van der Waals surface area (Å²) in [5, 5.41) is 0. The van der Waals surface area contributed by atoms with Gasteiger partial charge in [0.1, 0.15) is 17.4 Å². The molecule has 0 spiro atoms. The van der Waals surface area contributed by atoms with Gasteiger partial charge in [-0.3, -0.25) is 9.09 Å². The summed E-state index contributed by atoms with van der Waals surface area (Å²) in [6.07, 6.45) is 2.33. The van der Waals surface area contributed by atoms with Gasteiger partial charge >= 0.3 is 6.80 Å². The topological polar surface area (TPSA) is 135 Å². The Bertz CT molecular complexity index is 797. The quantitative estimate of drug-likeness (QED) is 0.519. The lowest BCUT2D eigenvalue weighted by molar-refractivity contribution is -0.102. The molecular formula is C12H18N5O5PS. The van der Waals surface area contributed by atoms with Crippen LogP contribution < -0.4 is 5.73 Å². The molecule has 2 unspecified atom stereocenters. The van der Waals surface area contributed by atoms with Crippen molar-refractivity contribution in [3.8, 4) is 0 Å². The molecule has 3 N–H and O–H groups in total. The number of hydrogen-bond acceptors (Lipinski definition) is 8. The van der Waals surface area contributed by atoms with Crippen LogP contribution in [0.3, 0.4) is 0 Å². The van der Waals surface area contributed by atoms with E-state index in [4.69, 9.17) is 24.6 Å². The predicted octanol–water partition coefficient (Wildman–Crippen LogP) is 1.15. The molecule has 24 heavy (non-hydrogen) atoms. The fraction of sp³-hybridized carbons (Fsp3) is 0.583. The number of hydrogen-bond donors (Lipinski definition) is 3. The summed E-state index contributed by atoms with van der Waals surface area (Å²) in [7, 11) is 1.57. The summed E-state index contributed by atoms with van der Waals surface area (Å²) in [5.41, 5.74) is 6.07. The standard InChI is InChI=1S/C12H18N5O5PS/c1-12(20-2)3-7(4-21-23(18,19)24)22-11(12)17-6-16-8-9(13)14-5-15-10(8)17/h5-7,11H,3-4H2,1-2H3,(H2,13,14,15)(H2,18,19,24)/t7?,11-,12-/m1/s1. The average Bonchev–Trinajstić information content (AvgIpc) is 3.07. The van der Waals surface area contributed by atoms with Crippen LogP contribution in [0.15, 0.2) is 12.7 Å². The Hall–Kier alpha value is -1.23. The van der Waals surface area contributed by atoms with Gasteiger partial charge in [-0.05, 0) is 6.92 Å². The molecule has 1 aliphatic rings. The van der Waals surface area contributed by atoms with Gasteiger partial charge in [0.05, 0.1) is 19.0 Å². The second kappa shape index (κ2) is 6.25. The number of aromatic nitrogens is 4. The zero-order valence-electron chi connectivity index (χ0n) is 13.1. The van der Waals surface area contributed by atoms with Crippen LogP contribution in [0.25, 0.3) is 11.2 Å². The molecule has 3 heterocycles. The van der Waals surface area contributed by atoms with Crippen LogP contribution in [0, 0.1) is 0 Å². The Morgan fingerprint density at radius 2 is 2.33 bits per heavy atom. The number of nitrogen functional groups attached to an aromatic ring is 1. The van der Waals surface area contributed by atoms with Crippen molar-refractivity contribution in [2.24, 2.45) is 0 Å². The average molecular weight is 375 g/mol. The van der Waals surface area contributed by atoms with Gasteiger partial charge in [0, 0.05) is 13.5 Å². The first-order valence-electron chi connectivity index (χ1n) is 7.07. The van der Waals surface area contributed by atoms with Gasteiger partial charge in [0.2, 0.25) is 0 Å². The van der Waals surface area contributed by atoms with Crippen LogP contribution >= 0.6 is 19.0 Å². The summed E-state index contributed by atoms with van der Waals surface area (Å²) < 4.78 is 29.3. The number of nitrogens with two attached hydrogens (primary N) is 1. The van der Waals surface area contributed by atoms with Crippen LogP contribution in [0.1, 0.15) is 19.6 Å². The Morgan fingerprint density at radius 1 is 1.58 bits per heavy atom. The van der Waals surface area contributed by atoms with Crippen LogP contribution in [0.4, 0.5) is 5.82 Å². The van der Waals surface area contributed by atoms with Crippen molar-refractivity contribution in [3.63, 3.8) is 0 Å². The first-order chi connectivity index (χ1) is 11.2. The zero-order chi connectivity index (χ0) is 17.5. The second-order valence-corrected chi connectivity index (χ2v) is 8.46. The van der Waals surface area contributed by atoms with Gasteiger partial charge in [0.15, 0.2) is 17.7 Å². The lowest BCUT2D eigenvalue weighted by Crippen LogP contribution is -2.34. The number of fused-ring (bicyclic) bond motifs is 1. The minimum absolute atomic E-state index is 0.0868. The molecule has 0 saturated carbocycles. The number of thiol groups is 1. The minimum atomic E-state index is -3.88. The predicted molar refractivity (Wildman–Crippen MR) is 88.4 cm³/mol. The van der Waals surface area contributed by atoms with Gasteiger partial charge in [-0.1, -0.05) is 12.2 Å². The maximum atomic E-state index is 11.2. The van der Waals surface area contributed by atoms with Crippen LogP contribution in [0.5, 0.6) is 0 Å². The van der Waals surface area contributed by atoms with E-state index in [1.54, 1.807) is 18.0 Å². The molecule has 1 saturated heterocycles. The van der Waals surface area contributed by atoms with Crippen molar-refractivity contribution >= 4 is 36.0 Å². The molecule has 0 radical (unpaired) electrons. The summed E-state index contributed by atoms with van der Waals surface area (Å²) in [6.45, 7) is -2.10. The molecule has 12 heteroatoms. The van der Waals surface area contributed by atoms with Crippen LogP contribution in [-0.2, 0) is 18.6 Å². The summed E-state index contributed by atoms with van der Waals surface area (Å²) in [5.74, 6) is 0.270. The maximum absolute atomic E-state index is 11.2. The zero-order valence-corrected chi connectivity index (χ0v) is 14.9. The molecule has 0 aromatic carbocycles. The molecule has 0 aliphatic carbocycles. The fourth-order valence-corrected chi connectivity index (χ4v) is 3.35. The summed E-state index contributed by atoms with van der Waals surface area (Å²) >= 11 is 3.49. The van der Waals surface area contributed by atoms with Gasteiger partial charge in [-0.25, -0.2) is 19.5 Å². The van der Waals surface area contributed by atoms with E-state index in [0.29, 0.717) is 17.6 Å². The molecule has 2 aromatic rings. The first kappa shape index (κ1) is 17.6. The van der Waals surface area contributed by atoms with E-state index >= 15 is 0 Å². The van der Waals surface area contributed by atoms with Gasteiger partial charge in [-0.2, -0.15) is 0 Å². The molecule has 10 nitrogen and oxygen atoms in total.